The van der Waals surface area contributed by atoms with Gasteiger partial charge in [-0.2, -0.15) is 0 Å². The van der Waals surface area contributed by atoms with Crippen LogP contribution in [0.25, 0.3) is 0 Å². The summed E-state index contributed by atoms with van der Waals surface area (Å²) in [6.07, 6.45) is 4.55. The van der Waals surface area contributed by atoms with Crippen molar-refractivity contribution in [2.24, 2.45) is 5.92 Å². The van der Waals surface area contributed by atoms with Gasteiger partial charge in [-0.25, -0.2) is 12.7 Å². The first-order valence-corrected chi connectivity index (χ1v) is 11.3. The second-order valence-electron chi connectivity index (χ2n) is 7.50. The third-order valence-corrected chi connectivity index (χ3v) is 6.70. The van der Waals surface area contributed by atoms with Crippen LogP contribution < -0.4 is 5.32 Å². The largest absolute Gasteiger partial charge is 0.352 e. The van der Waals surface area contributed by atoms with Gasteiger partial charge in [0.15, 0.2) is 0 Å². The Morgan fingerprint density at radius 1 is 1.12 bits per heavy atom. The molecule has 144 valence electrons. The van der Waals surface area contributed by atoms with Gasteiger partial charge < -0.3 is 5.32 Å². The molecule has 0 saturated carbocycles. The summed E-state index contributed by atoms with van der Waals surface area (Å²) in [6.45, 7) is 3.75. The molecule has 2 aliphatic rings. The van der Waals surface area contributed by atoms with Crippen LogP contribution in [0, 0.1) is 5.92 Å². The standard InChI is InChI=1S/C19H29N3O3S/c1-26(24,25)22-12-9-17(10-13-22)19(23)20-18-8-5-11-21(15-18)14-16-6-3-2-4-7-16/h2-4,6-7,17-18H,5,8-15H2,1H3,(H,20,23). The Morgan fingerprint density at radius 3 is 2.46 bits per heavy atom. The van der Waals surface area contributed by atoms with Gasteiger partial charge in [-0.15, -0.1) is 0 Å². The lowest BCUT2D eigenvalue weighted by Crippen LogP contribution is -2.50. The van der Waals surface area contributed by atoms with Crippen LogP contribution in [-0.2, 0) is 21.4 Å². The first kappa shape index (κ1) is 19.3. The predicted molar refractivity (Wildman–Crippen MR) is 102 cm³/mol. The molecule has 6 nitrogen and oxygen atoms in total. The molecule has 3 rings (SSSR count). The maximum atomic E-state index is 12.6. The number of carbonyl (C=O) groups excluding carboxylic acids is 1. The van der Waals surface area contributed by atoms with Crippen LogP contribution in [0.5, 0.6) is 0 Å². The van der Waals surface area contributed by atoms with Gasteiger partial charge in [0.25, 0.3) is 0 Å². The molecule has 2 saturated heterocycles. The summed E-state index contributed by atoms with van der Waals surface area (Å²) in [5.74, 6) is 0.0159. The molecular formula is C19H29N3O3S. The lowest BCUT2D eigenvalue weighted by Gasteiger charge is -2.35. The molecule has 26 heavy (non-hydrogen) atoms. The highest BCUT2D eigenvalue weighted by Crippen LogP contribution is 2.20. The summed E-state index contributed by atoms with van der Waals surface area (Å²) in [5, 5.41) is 3.21. The predicted octanol–water partition coefficient (Wildman–Crippen LogP) is 1.44. The Bertz CT molecular complexity index is 700. The van der Waals surface area contributed by atoms with Crippen LogP contribution >= 0.6 is 0 Å². The minimum atomic E-state index is -3.14. The van der Waals surface area contributed by atoms with Gasteiger partial charge in [-0.05, 0) is 37.8 Å². The van der Waals surface area contributed by atoms with Crippen molar-refractivity contribution in [3.8, 4) is 0 Å². The fourth-order valence-electron chi connectivity index (χ4n) is 3.93. The van der Waals surface area contributed by atoms with E-state index in [9.17, 15) is 13.2 Å². The zero-order valence-electron chi connectivity index (χ0n) is 15.4. The van der Waals surface area contributed by atoms with E-state index in [-0.39, 0.29) is 17.9 Å². The molecule has 1 N–H and O–H groups in total. The van der Waals surface area contributed by atoms with E-state index >= 15 is 0 Å². The molecule has 0 bridgehead atoms. The van der Waals surface area contributed by atoms with E-state index in [1.54, 1.807) is 0 Å². The fraction of sp³-hybridized carbons (Fsp3) is 0.632. The average Bonchev–Trinajstić information content (AvgIpc) is 2.62. The molecule has 0 aliphatic carbocycles. The monoisotopic (exact) mass is 379 g/mol. The maximum Gasteiger partial charge on any atom is 0.223 e. The summed E-state index contributed by atoms with van der Waals surface area (Å²) >= 11 is 0. The van der Waals surface area contributed by atoms with Crippen LogP contribution in [0.1, 0.15) is 31.2 Å². The van der Waals surface area contributed by atoms with Crippen LogP contribution in [-0.4, -0.2) is 62.0 Å². The number of nitrogens with zero attached hydrogens (tertiary/aromatic N) is 2. The fourth-order valence-corrected chi connectivity index (χ4v) is 4.80. The zero-order chi connectivity index (χ0) is 18.6. The molecule has 7 heteroatoms. The molecule has 2 aliphatic heterocycles. The number of amides is 1. The van der Waals surface area contributed by atoms with Gasteiger partial charge in [-0.3, -0.25) is 9.69 Å². The summed E-state index contributed by atoms with van der Waals surface area (Å²) in [6, 6.07) is 10.6. The highest BCUT2D eigenvalue weighted by atomic mass is 32.2. The number of sulfonamides is 1. The van der Waals surface area contributed by atoms with E-state index in [0.29, 0.717) is 25.9 Å². The molecule has 1 aromatic rings. The van der Waals surface area contributed by atoms with Crippen molar-refractivity contribution < 1.29 is 13.2 Å². The third kappa shape index (κ3) is 5.28. The summed E-state index contributed by atoms with van der Waals surface area (Å²) in [5.41, 5.74) is 1.30. The highest BCUT2D eigenvalue weighted by Gasteiger charge is 2.30. The Morgan fingerprint density at radius 2 is 1.81 bits per heavy atom. The summed E-state index contributed by atoms with van der Waals surface area (Å²) in [4.78, 5) is 15.0. The van der Waals surface area contributed by atoms with E-state index in [2.05, 4.69) is 34.5 Å². The topological polar surface area (TPSA) is 69.7 Å². The third-order valence-electron chi connectivity index (χ3n) is 5.39. The van der Waals surface area contributed by atoms with Gasteiger partial charge in [0.05, 0.1) is 6.26 Å². The van der Waals surface area contributed by atoms with E-state index in [1.165, 1.54) is 16.1 Å². The number of rotatable bonds is 5. The second-order valence-corrected chi connectivity index (χ2v) is 9.49. The summed E-state index contributed by atoms with van der Waals surface area (Å²) in [7, 11) is -3.14. The van der Waals surface area contributed by atoms with Crippen molar-refractivity contribution in [1.82, 2.24) is 14.5 Å². The minimum absolute atomic E-state index is 0.0718. The lowest BCUT2D eigenvalue weighted by molar-refractivity contribution is -0.127. The molecule has 0 radical (unpaired) electrons. The Balaban J connectivity index is 1.47. The van der Waals surface area contributed by atoms with Crippen LogP contribution in [0.4, 0.5) is 0 Å². The van der Waals surface area contributed by atoms with Crippen molar-refractivity contribution in [2.75, 3.05) is 32.4 Å². The number of benzene rings is 1. The van der Waals surface area contributed by atoms with Crippen LogP contribution in [0.3, 0.4) is 0 Å². The zero-order valence-corrected chi connectivity index (χ0v) is 16.2. The second kappa shape index (κ2) is 8.50. The van der Waals surface area contributed by atoms with Crippen LogP contribution in [0.15, 0.2) is 30.3 Å². The SMILES string of the molecule is CS(=O)(=O)N1CCC(C(=O)NC2CCCN(Cc3ccccc3)C2)CC1. The molecule has 1 unspecified atom stereocenters. The van der Waals surface area contributed by atoms with Gasteiger partial charge in [-0.1, -0.05) is 30.3 Å². The number of carbonyl (C=O) groups is 1. The number of nitrogens with one attached hydrogen (secondary N) is 1. The number of piperidine rings is 2. The first-order valence-electron chi connectivity index (χ1n) is 9.43. The lowest BCUT2D eigenvalue weighted by atomic mass is 9.96. The Hall–Kier alpha value is -1.44. The molecule has 1 aromatic carbocycles. The Kier molecular flexibility index (Phi) is 6.32. The molecule has 2 heterocycles. The van der Waals surface area contributed by atoms with Gasteiger partial charge in [0, 0.05) is 38.1 Å². The van der Waals surface area contributed by atoms with Crippen LogP contribution in [0.2, 0.25) is 0 Å². The van der Waals surface area contributed by atoms with E-state index in [4.69, 9.17) is 0 Å². The van der Waals surface area contributed by atoms with Gasteiger partial charge in [0.2, 0.25) is 15.9 Å². The Labute approximate surface area is 156 Å². The minimum Gasteiger partial charge on any atom is -0.352 e. The number of hydrogen-bond acceptors (Lipinski definition) is 4. The number of hydrogen-bond donors (Lipinski definition) is 1. The highest BCUT2D eigenvalue weighted by molar-refractivity contribution is 7.88. The normalized spacial score (nSPS) is 23.7. The maximum absolute atomic E-state index is 12.6. The smallest absolute Gasteiger partial charge is 0.223 e. The van der Waals surface area contributed by atoms with E-state index < -0.39 is 10.0 Å². The molecule has 1 atom stereocenters. The van der Waals surface area contributed by atoms with Gasteiger partial charge in [0.1, 0.15) is 0 Å². The van der Waals surface area contributed by atoms with Crippen molar-refractivity contribution in [1.29, 1.82) is 0 Å². The molecule has 0 spiro atoms. The average molecular weight is 380 g/mol. The first-order chi connectivity index (χ1) is 12.4. The van der Waals surface area contributed by atoms with Crippen molar-refractivity contribution in [2.45, 2.75) is 38.3 Å². The van der Waals surface area contributed by atoms with E-state index in [1.807, 2.05) is 6.07 Å². The molecule has 1 amide bonds. The quantitative estimate of drug-likeness (QED) is 0.840. The van der Waals surface area contributed by atoms with Gasteiger partial charge >= 0.3 is 0 Å². The van der Waals surface area contributed by atoms with Crippen molar-refractivity contribution >= 4 is 15.9 Å². The molecule has 2 fully saturated rings. The number of likely N-dealkylation sites (tertiary alicyclic amines) is 1. The molecular weight excluding hydrogens is 350 g/mol. The van der Waals surface area contributed by atoms with E-state index in [0.717, 1.165) is 32.5 Å². The van der Waals surface area contributed by atoms with Crippen molar-refractivity contribution in [3.05, 3.63) is 35.9 Å². The van der Waals surface area contributed by atoms with Crippen molar-refractivity contribution in [3.63, 3.8) is 0 Å². The molecule has 0 aromatic heterocycles. The summed E-state index contributed by atoms with van der Waals surface area (Å²) < 4.78 is 24.6.